The molecule has 1 unspecified atom stereocenters. The maximum Gasteiger partial charge on any atom is 0.242 e. The summed E-state index contributed by atoms with van der Waals surface area (Å²) in [5.41, 5.74) is 4.50. The Hall–Kier alpha value is -3.83. The van der Waals surface area contributed by atoms with Gasteiger partial charge in [-0.1, -0.05) is 72.8 Å². The van der Waals surface area contributed by atoms with Crippen LogP contribution in [0.4, 0.5) is 11.4 Å². The Morgan fingerprint density at radius 2 is 1.41 bits per heavy atom. The Balaban J connectivity index is 1.44. The zero-order valence-electron chi connectivity index (χ0n) is 18.9. The van der Waals surface area contributed by atoms with Crippen molar-refractivity contribution in [1.29, 1.82) is 0 Å². The molecule has 0 heterocycles. The summed E-state index contributed by atoms with van der Waals surface area (Å²) in [4.78, 5) is 26.5. The number of rotatable bonds is 8. The number of carbonyl (C=O) groups excluding carboxylic acids is 2. The van der Waals surface area contributed by atoms with Crippen LogP contribution in [-0.2, 0) is 16.0 Å². The Morgan fingerprint density at radius 1 is 0.735 bits per heavy atom. The molecular weight excluding hydrogens is 440 g/mol. The van der Waals surface area contributed by atoms with Crippen LogP contribution in [0.15, 0.2) is 114 Å². The molecule has 2 amide bonds. The highest BCUT2D eigenvalue weighted by Crippen LogP contribution is 2.36. The van der Waals surface area contributed by atoms with Crippen molar-refractivity contribution in [2.24, 2.45) is 0 Å². The third-order valence-electron chi connectivity index (χ3n) is 5.23. The van der Waals surface area contributed by atoms with Crippen molar-refractivity contribution in [3.8, 4) is 0 Å². The van der Waals surface area contributed by atoms with Crippen LogP contribution in [0.3, 0.4) is 0 Å². The number of aryl methyl sites for hydroxylation is 1. The summed E-state index contributed by atoms with van der Waals surface area (Å²) >= 11 is 1.48. The Labute approximate surface area is 204 Å². The average molecular weight is 467 g/mol. The molecule has 0 aliphatic heterocycles. The standard InChI is InChI=1S/C29H26N2O2S/c1-21-9-8-14-25(19-21)31-29(33)28(23-12-6-3-7-13-23)34-26-17-15-24(16-18-26)30-27(32)20-22-10-4-2-5-11-22/h2-19,28H,20H2,1H3,(H,30,32)(H,31,33). The highest BCUT2D eigenvalue weighted by Gasteiger charge is 2.22. The zero-order chi connectivity index (χ0) is 23.8. The van der Waals surface area contributed by atoms with Crippen LogP contribution < -0.4 is 10.6 Å². The van der Waals surface area contributed by atoms with Crippen molar-refractivity contribution in [2.75, 3.05) is 10.6 Å². The van der Waals surface area contributed by atoms with Gasteiger partial charge in [0, 0.05) is 16.3 Å². The normalized spacial score (nSPS) is 11.4. The lowest BCUT2D eigenvalue weighted by Crippen LogP contribution is -2.19. The average Bonchev–Trinajstić information content (AvgIpc) is 2.84. The molecule has 4 rings (SSSR count). The SMILES string of the molecule is Cc1cccc(NC(=O)C(Sc2ccc(NC(=O)Cc3ccccc3)cc2)c2ccccc2)c1. The molecule has 4 aromatic carbocycles. The second-order valence-electron chi connectivity index (χ2n) is 8.00. The van der Waals surface area contributed by atoms with Crippen molar-refractivity contribution >= 4 is 35.0 Å². The summed E-state index contributed by atoms with van der Waals surface area (Å²) in [6, 6.07) is 34.8. The predicted octanol–water partition coefficient (Wildman–Crippen LogP) is 6.65. The van der Waals surface area contributed by atoms with Gasteiger partial charge in [0.25, 0.3) is 0 Å². The van der Waals surface area contributed by atoms with Gasteiger partial charge in [-0.15, -0.1) is 11.8 Å². The quantitative estimate of drug-likeness (QED) is 0.286. The fraction of sp³-hybridized carbons (Fsp3) is 0.103. The molecule has 0 aliphatic carbocycles. The minimum atomic E-state index is -0.416. The summed E-state index contributed by atoms with van der Waals surface area (Å²) in [6.45, 7) is 2.00. The monoisotopic (exact) mass is 466 g/mol. The second-order valence-corrected chi connectivity index (χ2v) is 9.18. The van der Waals surface area contributed by atoms with Crippen LogP contribution in [0, 0.1) is 6.92 Å². The first-order valence-corrected chi connectivity index (χ1v) is 12.0. The Kier molecular flexibility index (Phi) is 7.79. The van der Waals surface area contributed by atoms with Gasteiger partial charge in [0.1, 0.15) is 5.25 Å². The first-order valence-electron chi connectivity index (χ1n) is 11.1. The number of hydrogen-bond acceptors (Lipinski definition) is 3. The Bertz CT molecular complexity index is 1240. The number of hydrogen-bond donors (Lipinski definition) is 2. The maximum atomic E-state index is 13.2. The van der Waals surface area contributed by atoms with Gasteiger partial charge < -0.3 is 10.6 Å². The molecule has 0 saturated heterocycles. The fourth-order valence-corrected chi connectivity index (χ4v) is 4.60. The van der Waals surface area contributed by atoms with E-state index in [1.54, 1.807) is 0 Å². The maximum absolute atomic E-state index is 13.2. The molecule has 0 aromatic heterocycles. The summed E-state index contributed by atoms with van der Waals surface area (Å²) < 4.78 is 0. The fourth-order valence-electron chi connectivity index (χ4n) is 3.57. The highest BCUT2D eigenvalue weighted by molar-refractivity contribution is 8.00. The summed E-state index contributed by atoms with van der Waals surface area (Å²) in [5.74, 6) is -0.145. The van der Waals surface area contributed by atoms with Crippen molar-refractivity contribution in [1.82, 2.24) is 0 Å². The summed E-state index contributed by atoms with van der Waals surface area (Å²) in [7, 11) is 0. The molecule has 0 fully saturated rings. The number of nitrogens with one attached hydrogen (secondary N) is 2. The van der Waals surface area contributed by atoms with Crippen LogP contribution in [0.2, 0.25) is 0 Å². The molecule has 2 N–H and O–H groups in total. The second kappa shape index (κ2) is 11.3. The van der Waals surface area contributed by atoms with Gasteiger partial charge in [-0.2, -0.15) is 0 Å². The van der Waals surface area contributed by atoms with Crippen LogP contribution in [0.1, 0.15) is 21.9 Å². The molecule has 0 aliphatic rings. The molecule has 0 saturated carbocycles. The van der Waals surface area contributed by atoms with E-state index in [4.69, 9.17) is 0 Å². The molecule has 4 aromatic rings. The largest absolute Gasteiger partial charge is 0.326 e. The van der Waals surface area contributed by atoms with Crippen molar-refractivity contribution in [3.05, 3.63) is 126 Å². The van der Waals surface area contributed by atoms with Gasteiger partial charge in [0.2, 0.25) is 11.8 Å². The van der Waals surface area contributed by atoms with E-state index in [2.05, 4.69) is 10.6 Å². The molecular formula is C29H26N2O2S. The zero-order valence-corrected chi connectivity index (χ0v) is 19.7. The van der Waals surface area contributed by atoms with Crippen LogP contribution in [0.5, 0.6) is 0 Å². The topological polar surface area (TPSA) is 58.2 Å². The van der Waals surface area contributed by atoms with Gasteiger partial charge in [-0.05, 0) is 60.0 Å². The van der Waals surface area contributed by atoms with Crippen molar-refractivity contribution < 1.29 is 9.59 Å². The summed E-state index contributed by atoms with van der Waals surface area (Å²) in [5, 5.41) is 5.56. The number of amides is 2. The molecule has 0 radical (unpaired) electrons. The molecule has 0 spiro atoms. The van der Waals surface area contributed by atoms with E-state index in [0.29, 0.717) is 6.42 Å². The minimum Gasteiger partial charge on any atom is -0.326 e. The van der Waals surface area contributed by atoms with Crippen LogP contribution >= 0.6 is 11.8 Å². The number of benzene rings is 4. The van der Waals surface area contributed by atoms with Gasteiger partial charge in [-0.25, -0.2) is 0 Å². The smallest absolute Gasteiger partial charge is 0.242 e. The van der Waals surface area contributed by atoms with Crippen LogP contribution in [-0.4, -0.2) is 11.8 Å². The number of carbonyl (C=O) groups is 2. The molecule has 0 bridgehead atoms. The van der Waals surface area contributed by atoms with Gasteiger partial charge in [0.15, 0.2) is 0 Å². The van der Waals surface area contributed by atoms with E-state index in [-0.39, 0.29) is 11.8 Å². The molecule has 4 nitrogen and oxygen atoms in total. The molecule has 1 atom stereocenters. The number of anilines is 2. The van der Waals surface area contributed by atoms with E-state index in [1.807, 2.05) is 116 Å². The van der Waals surface area contributed by atoms with Crippen molar-refractivity contribution in [2.45, 2.75) is 23.5 Å². The third kappa shape index (κ3) is 6.59. The third-order valence-corrected chi connectivity index (χ3v) is 6.49. The van der Waals surface area contributed by atoms with Gasteiger partial charge in [-0.3, -0.25) is 9.59 Å². The van der Waals surface area contributed by atoms with Gasteiger partial charge >= 0.3 is 0 Å². The van der Waals surface area contributed by atoms with Crippen molar-refractivity contribution in [3.63, 3.8) is 0 Å². The predicted molar refractivity (Wildman–Crippen MR) is 140 cm³/mol. The summed E-state index contributed by atoms with van der Waals surface area (Å²) in [6.07, 6.45) is 0.326. The Morgan fingerprint density at radius 3 is 2.09 bits per heavy atom. The lowest BCUT2D eigenvalue weighted by atomic mass is 10.1. The van der Waals surface area contributed by atoms with E-state index in [1.165, 1.54) is 11.8 Å². The first-order chi connectivity index (χ1) is 16.6. The lowest BCUT2D eigenvalue weighted by molar-refractivity contribution is -0.116. The lowest BCUT2D eigenvalue weighted by Gasteiger charge is -2.17. The minimum absolute atomic E-state index is 0.0636. The van der Waals surface area contributed by atoms with Crippen LogP contribution in [0.25, 0.3) is 0 Å². The van der Waals surface area contributed by atoms with E-state index < -0.39 is 5.25 Å². The molecule has 34 heavy (non-hydrogen) atoms. The molecule has 170 valence electrons. The number of thioether (sulfide) groups is 1. The van der Waals surface area contributed by atoms with E-state index in [9.17, 15) is 9.59 Å². The molecule has 5 heteroatoms. The van der Waals surface area contributed by atoms with Gasteiger partial charge in [0.05, 0.1) is 6.42 Å². The van der Waals surface area contributed by atoms with E-state index >= 15 is 0 Å². The highest BCUT2D eigenvalue weighted by atomic mass is 32.2. The first kappa shape index (κ1) is 23.3. The van der Waals surface area contributed by atoms with E-state index in [0.717, 1.165) is 33.0 Å².